The third-order valence-electron chi connectivity index (χ3n) is 7.05. The minimum Gasteiger partial charge on any atom is -0.497 e. The fraction of sp³-hybridized carbons (Fsp3) is 0.542. The summed E-state index contributed by atoms with van der Waals surface area (Å²) in [6, 6.07) is 4.00. The van der Waals surface area contributed by atoms with Crippen LogP contribution in [0.3, 0.4) is 0 Å². The van der Waals surface area contributed by atoms with E-state index in [0.29, 0.717) is 17.1 Å². The molecule has 186 valence electrons. The number of ketones is 1. The van der Waals surface area contributed by atoms with E-state index in [0.717, 1.165) is 10.5 Å². The summed E-state index contributed by atoms with van der Waals surface area (Å²) in [7, 11) is 0.982. The molecule has 10 heteroatoms. The van der Waals surface area contributed by atoms with Gasteiger partial charge < -0.3 is 23.9 Å². The molecule has 1 aromatic carbocycles. The van der Waals surface area contributed by atoms with Crippen molar-refractivity contribution in [3.05, 3.63) is 35.4 Å². The molecule has 2 fully saturated rings. The molecule has 1 aromatic rings. The number of amides is 2. The second-order valence-corrected chi connectivity index (χ2v) is 15.0. The molecule has 2 amide bonds. The van der Waals surface area contributed by atoms with E-state index in [1.165, 1.54) is 13.2 Å². The third kappa shape index (κ3) is 4.83. The second kappa shape index (κ2) is 9.42. The lowest BCUT2D eigenvalue weighted by molar-refractivity contribution is -0.152. The van der Waals surface area contributed by atoms with Crippen LogP contribution < -0.4 is 9.47 Å². The van der Waals surface area contributed by atoms with Gasteiger partial charge >= 0.3 is 6.09 Å². The van der Waals surface area contributed by atoms with Gasteiger partial charge in [-0.25, -0.2) is 4.79 Å². The number of likely N-dealkylation sites (tertiary alicyclic amines) is 2. The van der Waals surface area contributed by atoms with Gasteiger partial charge in [-0.15, -0.1) is 0 Å². The van der Waals surface area contributed by atoms with Crippen LogP contribution in [0, 0.1) is 0 Å². The molecule has 3 rings (SSSR count). The summed E-state index contributed by atoms with van der Waals surface area (Å²) in [5, 5.41) is 9.58. The van der Waals surface area contributed by atoms with E-state index in [1.807, 2.05) is 6.07 Å². The fourth-order valence-corrected chi connectivity index (χ4v) is 4.94. The lowest BCUT2D eigenvalue weighted by Crippen LogP contribution is -2.66. The number of carbonyl (C=O) groups excluding carboxylic acids is 2. The van der Waals surface area contributed by atoms with Crippen LogP contribution in [0.15, 0.2) is 29.8 Å². The molecule has 2 aliphatic heterocycles. The molecule has 0 unspecified atom stereocenters. The van der Waals surface area contributed by atoms with Gasteiger partial charge in [0, 0.05) is 18.2 Å². The van der Waals surface area contributed by atoms with Crippen molar-refractivity contribution in [2.75, 3.05) is 27.4 Å². The predicted octanol–water partition coefficient (Wildman–Crippen LogP) is 3.29. The average molecular weight is 491 g/mol. The van der Waals surface area contributed by atoms with E-state index >= 15 is 0 Å². The Hall–Kier alpha value is -2.85. The fourth-order valence-electron chi connectivity index (χ4n) is 4.00. The molecule has 2 heterocycles. The molecule has 0 spiro atoms. The maximum atomic E-state index is 12.9. The van der Waals surface area contributed by atoms with Crippen molar-refractivity contribution in [2.24, 2.45) is 0 Å². The number of rotatable bonds is 8. The summed E-state index contributed by atoms with van der Waals surface area (Å²) in [5.74, 6) is 0.665. The van der Waals surface area contributed by atoms with E-state index < -0.39 is 26.5 Å². The van der Waals surface area contributed by atoms with Gasteiger partial charge in [0.1, 0.15) is 17.5 Å². The molecular weight excluding hydrogens is 456 g/mol. The van der Waals surface area contributed by atoms with Crippen LogP contribution in [-0.4, -0.2) is 80.5 Å². The van der Waals surface area contributed by atoms with Crippen molar-refractivity contribution >= 4 is 26.1 Å². The highest BCUT2D eigenvalue weighted by Crippen LogP contribution is 2.40. The molecule has 0 aromatic heterocycles. The number of methoxy groups -OCH3 is 2. The van der Waals surface area contributed by atoms with Gasteiger partial charge in [0.15, 0.2) is 14.1 Å². The summed E-state index contributed by atoms with van der Waals surface area (Å²) >= 11 is 0. The summed E-state index contributed by atoms with van der Waals surface area (Å²) in [6.45, 7) is 10.6. The van der Waals surface area contributed by atoms with E-state index in [1.54, 1.807) is 24.1 Å². The molecule has 0 bridgehead atoms. The smallest absolute Gasteiger partial charge is 0.408 e. The van der Waals surface area contributed by atoms with E-state index in [4.69, 9.17) is 13.9 Å². The third-order valence-corrected chi connectivity index (χ3v) is 11.5. The molecule has 34 heavy (non-hydrogen) atoms. The highest BCUT2D eigenvalue weighted by molar-refractivity contribution is 6.74. The van der Waals surface area contributed by atoms with Gasteiger partial charge in [-0.3, -0.25) is 14.5 Å². The zero-order valence-electron chi connectivity index (χ0n) is 20.9. The van der Waals surface area contributed by atoms with Crippen molar-refractivity contribution in [2.45, 2.75) is 57.5 Å². The average Bonchev–Trinajstić information content (AvgIpc) is 3.10. The van der Waals surface area contributed by atoms with Crippen LogP contribution in [0.1, 0.15) is 26.3 Å². The van der Waals surface area contributed by atoms with Crippen molar-refractivity contribution in [1.82, 2.24) is 9.80 Å². The van der Waals surface area contributed by atoms with Crippen LogP contribution in [-0.2, 0) is 20.6 Å². The molecular formula is C24H34N2O7Si. The van der Waals surface area contributed by atoms with E-state index in [2.05, 4.69) is 33.9 Å². The molecule has 0 radical (unpaired) electrons. The zero-order valence-corrected chi connectivity index (χ0v) is 21.9. The number of carboxylic acid groups (broad SMARTS) is 1. The monoisotopic (exact) mass is 490 g/mol. The maximum Gasteiger partial charge on any atom is 0.408 e. The van der Waals surface area contributed by atoms with E-state index in [-0.39, 0.29) is 36.4 Å². The first-order valence-electron chi connectivity index (χ1n) is 11.2. The molecule has 1 N–H and O–H groups in total. The number of hydrogen-bond acceptors (Lipinski definition) is 6. The Labute approximate surface area is 201 Å². The molecule has 2 atom stereocenters. The SMILES string of the molecule is COc1ccc(CN2C(=O)[C@@H]3[C@H]2/C(=C/C(=O)CO[Si](C)(C)C(C)(C)C)CN3C(=O)O)c(OC)c1. The molecule has 2 aliphatic rings. The van der Waals surface area contributed by atoms with Crippen molar-refractivity contribution in [3.8, 4) is 11.5 Å². The second-order valence-electron chi connectivity index (χ2n) is 10.2. The van der Waals surface area contributed by atoms with Gasteiger partial charge in [-0.05, 0) is 41.9 Å². The Bertz CT molecular complexity index is 1020. The maximum absolute atomic E-state index is 12.9. The van der Waals surface area contributed by atoms with Crippen LogP contribution in [0.25, 0.3) is 0 Å². The zero-order chi connectivity index (χ0) is 25.4. The standard InChI is InChI=1S/C24H34N2O7Si/c1-24(2,3)34(6,7)33-14-17(27)10-16-13-26(23(29)30)21-20(16)25(22(21)28)12-15-8-9-18(31-4)11-19(15)32-5/h8-11,20-21H,12-14H2,1-7H3,(H,29,30)/b16-10+/t20-,21+/m1/s1. The van der Waals surface area contributed by atoms with Crippen molar-refractivity contribution in [3.63, 3.8) is 0 Å². The molecule has 2 saturated heterocycles. The van der Waals surface area contributed by atoms with Crippen LogP contribution in [0.5, 0.6) is 11.5 Å². The Morgan fingerprint density at radius 2 is 1.85 bits per heavy atom. The number of fused-ring (bicyclic) bond motifs is 1. The Morgan fingerprint density at radius 1 is 1.18 bits per heavy atom. The highest BCUT2D eigenvalue weighted by atomic mass is 28.4. The first-order chi connectivity index (χ1) is 15.8. The first kappa shape index (κ1) is 25.8. The lowest BCUT2D eigenvalue weighted by Gasteiger charge is -2.45. The number of carbonyl (C=O) groups is 3. The molecule has 9 nitrogen and oxygen atoms in total. The first-order valence-corrected chi connectivity index (χ1v) is 14.1. The van der Waals surface area contributed by atoms with Gasteiger partial charge in [0.2, 0.25) is 5.91 Å². The quantitative estimate of drug-likeness (QED) is 0.339. The minimum atomic E-state index is -2.11. The van der Waals surface area contributed by atoms with Gasteiger partial charge in [-0.1, -0.05) is 20.8 Å². The Kier molecular flexibility index (Phi) is 7.14. The van der Waals surface area contributed by atoms with Crippen LogP contribution in [0.2, 0.25) is 18.1 Å². The Balaban J connectivity index is 1.82. The van der Waals surface area contributed by atoms with Gasteiger partial charge in [0.25, 0.3) is 0 Å². The highest BCUT2D eigenvalue weighted by Gasteiger charge is 2.58. The number of nitrogens with zero attached hydrogens (tertiary/aromatic N) is 2. The van der Waals surface area contributed by atoms with Crippen molar-refractivity contribution in [1.29, 1.82) is 0 Å². The van der Waals surface area contributed by atoms with Crippen molar-refractivity contribution < 1.29 is 33.4 Å². The van der Waals surface area contributed by atoms with Crippen LogP contribution in [0.4, 0.5) is 4.79 Å². The minimum absolute atomic E-state index is 0.0124. The summed E-state index contributed by atoms with van der Waals surface area (Å²) in [5.41, 5.74) is 1.36. The number of ether oxygens (including phenoxy) is 2. The summed E-state index contributed by atoms with van der Waals surface area (Å²) in [4.78, 5) is 40.1. The lowest BCUT2D eigenvalue weighted by atomic mass is 9.91. The summed E-state index contributed by atoms with van der Waals surface area (Å²) in [6.07, 6.45) is 0.275. The predicted molar refractivity (Wildman–Crippen MR) is 129 cm³/mol. The number of hydrogen-bond donors (Lipinski definition) is 1. The van der Waals surface area contributed by atoms with Gasteiger partial charge in [-0.2, -0.15) is 0 Å². The number of benzene rings is 1. The van der Waals surface area contributed by atoms with Gasteiger partial charge in [0.05, 0.1) is 33.4 Å². The topological polar surface area (TPSA) is 106 Å². The largest absolute Gasteiger partial charge is 0.497 e. The molecule has 0 aliphatic carbocycles. The Morgan fingerprint density at radius 3 is 2.41 bits per heavy atom. The van der Waals surface area contributed by atoms with Crippen LogP contribution >= 0.6 is 0 Å². The molecule has 0 saturated carbocycles. The normalized spacial score (nSPS) is 21.4. The number of β-lactam (4-membered cyclic amide) rings is 1. The summed E-state index contributed by atoms with van der Waals surface area (Å²) < 4.78 is 16.7. The van der Waals surface area contributed by atoms with E-state index in [9.17, 15) is 19.5 Å².